The van der Waals surface area contributed by atoms with Crippen LogP contribution in [0.2, 0.25) is 0 Å². The zero-order valence-electron chi connectivity index (χ0n) is 19.5. The van der Waals surface area contributed by atoms with E-state index in [1.54, 1.807) is 9.80 Å². The highest BCUT2D eigenvalue weighted by Crippen LogP contribution is 2.40. The van der Waals surface area contributed by atoms with Crippen molar-refractivity contribution in [2.24, 2.45) is 11.8 Å². The lowest BCUT2D eigenvalue weighted by Crippen LogP contribution is -2.59. The van der Waals surface area contributed by atoms with Gasteiger partial charge in [-0.3, -0.25) is 0 Å². The Kier molecular flexibility index (Phi) is 5.79. The number of fused-ring (bicyclic) bond motifs is 3. The molecular weight excluding hydrogens is 446 g/mol. The molecule has 0 spiro atoms. The van der Waals surface area contributed by atoms with Gasteiger partial charge in [-0.05, 0) is 39.3 Å². The van der Waals surface area contributed by atoms with Crippen molar-refractivity contribution in [1.29, 1.82) is 0 Å². The summed E-state index contributed by atoms with van der Waals surface area (Å²) < 4.78 is 45.5. The molecular formula is C24H28F2N4O4. The van der Waals surface area contributed by atoms with Crippen LogP contribution in [0.3, 0.4) is 0 Å². The third-order valence-electron chi connectivity index (χ3n) is 6.33. The van der Waals surface area contributed by atoms with Crippen molar-refractivity contribution in [3.8, 4) is 5.88 Å². The van der Waals surface area contributed by atoms with E-state index in [1.165, 1.54) is 18.5 Å². The molecule has 0 N–H and O–H groups in total. The standard InChI is InChI=1S/C24H28F2N4O4/c1-24(2,3)34-23(31)29-9-14-11-32-12-15(10-29)20(14)33-22-17-6-7-30(21(17)27-13-28-22)19-5-4-16(25)8-18(19)26/h4-5,8,13-15,20H,6-7,9-12H2,1-3H3. The van der Waals surface area contributed by atoms with Gasteiger partial charge in [0.15, 0.2) is 0 Å². The third kappa shape index (κ3) is 4.38. The van der Waals surface area contributed by atoms with Crippen LogP contribution >= 0.6 is 0 Å². The normalized spacial score (nSPS) is 24.1. The average Bonchev–Trinajstić information content (AvgIpc) is 3.17. The first kappa shape index (κ1) is 22.8. The molecule has 2 aromatic rings. The van der Waals surface area contributed by atoms with Gasteiger partial charge in [0.25, 0.3) is 0 Å². The summed E-state index contributed by atoms with van der Waals surface area (Å²) in [4.78, 5) is 24.8. The summed E-state index contributed by atoms with van der Waals surface area (Å²) in [6.07, 6.45) is 1.46. The van der Waals surface area contributed by atoms with Gasteiger partial charge in [0, 0.05) is 37.5 Å². The number of carbonyl (C=O) groups excluding carboxylic acids is 1. The smallest absolute Gasteiger partial charge is 0.410 e. The zero-order valence-corrected chi connectivity index (χ0v) is 19.5. The number of hydrogen-bond acceptors (Lipinski definition) is 7. The predicted molar refractivity (Wildman–Crippen MR) is 119 cm³/mol. The highest BCUT2D eigenvalue weighted by Gasteiger charge is 2.45. The van der Waals surface area contributed by atoms with E-state index < -0.39 is 17.2 Å². The molecule has 1 amide bonds. The minimum atomic E-state index is -0.643. The fourth-order valence-electron chi connectivity index (χ4n) is 4.90. The summed E-state index contributed by atoms with van der Waals surface area (Å²) in [6, 6.07) is 3.51. The van der Waals surface area contributed by atoms with Gasteiger partial charge in [-0.15, -0.1) is 0 Å². The first-order valence-electron chi connectivity index (χ1n) is 11.5. The van der Waals surface area contributed by atoms with E-state index in [0.717, 1.165) is 11.6 Å². The fraction of sp³-hybridized carbons (Fsp3) is 0.542. The lowest BCUT2D eigenvalue weighted by atomic mass is 9.84. The Labute approximate surface area is 196 Å². The molecule has 0 radical (unpaired) electrons. The van der Waals surface area contributed by atoms with Crippen molar-refractivity contribution in [1.82, 2.24) is 14.9 Å². The Morgan fingerprint density at radius 1 is 1.15 bits per heavy atom. The number of anilines is 2. The summed E-state index contributed by atoms with van der Waals surface area (Å²) in [6.45, 7) is 7.91. The summed E-state index contributed by atoms with van der Waals surface area (Å²) in [5.41, 5.74) is 0.494. The van der Waals surface area contributed by atoms with E-state index in [-0.39, 0.29) is 29.7 Å². The highest BCUT2D eigenvalue weighted by molar-refractivity contribution is 5.69. The van der Waals surface area contributed by atoms with E-state index in [0.29, 0.717) is 51.0 Å². The summed E-state index contributed by atoms with van der Waals surface area (Å²) in [5, 5.41) is 0. The fourth-order valence-corrected chi connectivity index (χ4v) is 4.90. The van der Waals surface area contributed by atoms with Crippen LogP contribution in [0, 0.1) is 23.5 Å². The van der Waals surface area contributed by atoms with E-state index in [2.05, 4.69) is 9.97 Å². The lowest BCUT2D eigenvalue weighted by molar-refractivity contribution is -0.113. The molecule has 3 aliphatic heterocycles. The number of rotatable bonds is 3. The summed E-state index contributed by atoms with van der Waals surface area (Å²) in [5.74, 6) is -0.310. The van der Waals surface area contributed by atoms with Crippen molar-refractivity contribution in [2.75, 3.05) is 37.7 Å². The molecule has 1 aromatic carbocycles. The molecule has 4 heterocycles. The molecule has 10 heteroatoms. The Morgan fingerprint density at radius 3 is 2.56 bits per heavy atom. The van der Waals surface area contributed by atoms with Crippen LogP contribution in [-0.4, -0.2) is 65.5 Å². The number of nitrogens with zero attached hydrogens (tertiary/aromatic N) is 4. The van der Waals surface area contributed by atoms with Gasteiger partial charge >= 0.3 is 6.09 Å². The topological polar surface area (TPSA) is 77.0 Å². The van der Waals surface area contributed by atoms with Crippen LogP contribution in [0.1, 0.15) is 26.3 Å². The molecule has 2 fully saturated rings. The molecule has 2 saturated heterocycles. The molecule has 0 aliphatic carbocycles. The van der Waals surface area contributed by atoms with Crippen molar-refractivity contribution in [3.63, 3.8) is 0 Å². The zero-order chi connectivity index (χ0) is 24.0. The van der Waals surface area contributed by atoms with Gasteiger partial charge in [-0.1, -0.05) is 0 Å². The first-order valence-corrected chi connectivity index (χ1v) is 11.5. The number of hydrogen-bond donors (Lipinski definition) is 0. The maximum atomic E-state index is 14.4. The number of carbonyl (C=O) groups is 1. The number of amides is 1. The second kappa shape index (κ2) is 8.65. The van der Waals surface area contributed by atoms with Crippen LogP contribution < -0.4 is 9.64 Å². The molecule has 182 valence electrons. The number of likely N-dealkylation sites (tertiary alicyclic amines) is 1. The molecule has 34 heavy (non-hydrogen) atoms. The molecule has 2 atom stereocenters. The van der Waals surface area contributed by atoms with Crippen LogP contribution in [0.15, 0.2) is 24.5 Å². The summed E-state index contributed by atoms with van der Waals surface area (Å²) >= 11 is 0. The predicted octanol–water partition coefficient (Wildman–Crippen LogP) is 3.71. The Bertz CT molecular complexity index is 1080. The highest BCUT2D eigenvalue weighted by atomic mass is 19.1. The number of ether oxygens (including phenoxy) is 3. The quantitative estimate of drug-likeness (QED) is 0.671. The number of benzene rings is 1. The van der Waals surface area contributed by atoms with Crippen molar-refractivity contribution in [2.45, 2.75) is 38.9 Å². The van der Waals surface area contributed by atoms with E-state index in [1.807, 2.05) is 20.8 Å². The minimum absolute atomic E-state index is 0.0299. The maximum absolute atomic E-state index is 14.4. The van der Waals surface area contributed by atoms with E-state index in [4.69, 9.17) is 14.2 Å². The average molecular weight is 475 g/mol. The van der Waals surface area contributed by atoms with Crippen molar-refractivity contribution < 1.29 is 27.8 Å². The van der Waals surface area contributed by atoms with Gasteiger partial charge in [0.2, 0.25) is 5.88 Å². The van der Waals surface area contributed by atoms with Crippen LogP contribution in [0.5, 0.6) is 5.88 Å². The Morgan fingerprint density at radius 2 is 1.88 bits per heavy atom. The minimum Gasteiger partial charge on any atom is -0.473 e. The molecule has 2 bridgehead atoms. The van der Waals surface area contributed by atoms with Gasteiger partial charge < -0.3 is 24.0 Å². The molecule has 2 unspecified atom stereocenters. The monoisotopic (exact) mass is 474 g/mol. The molecule has 3 aliphatic rings. The van der Waals surface area contributed by atoms with E-state index in [9.17, 15) is 13.6 Å². The number of aromatic nitrogens is 2. The molecule has 1 aromatic heterocycles. The Balaban J connectivity index is 1.35. The van der Waals surface area contributed by atoms with Crippen LogP contribution in [-0.2, 0) is 15.9 Å². The second-order valence-electron chi connectivity index (χ2n) is 10.0. The SMILES string of the molecule is CC(C)(C)OC(=O)N1CC2COCC(C1)C2Oc1ncnc2c1CCN2c1ccc(F)cc1F. The van der Waals surface area contributed by atoms with Crippen LogP contribution in [0.25, 0.3) is 0 Å². The Hall–Kier alpha value is -3.01. The first-order chi connectivity index (χ1) is 16.2. The molecule has 8 nitrogen and oxygen atoms in total. The number of halogens is 2. The summed E-state index contributed by atoms with van der Waals surface area (Å²) in [7, 11) is 0. The molecule has 5 rings (SSSR count). The van der Waals surface area contributed by atoms with Gasteiger partial charge in [0.05, 0.1) is 24.5 Å². The van der Waals surface area contributed by atoms with Gasteiger partial charge in [-0.25, -0.2) is 23.5 Å². The van der Waals surface area contributed by atoms with Crippen molar-refractivity contribution >= 4 is 17.6 Å². The van der Waals surface area contributed by atoms with E-state index >= 15 is 0 Å². The van der Waals surface area contributed by atoms with Gasteiger partial charge in [-0.2, -0.15) is 0 Å². The van der Waals surface area contributed by atoms with Gasteiger partial charge in [0.1, 0.15) is 35.5 Å². The van der Waals surface area contributed by atoms with Crippen molar-refractivity contribution in [3.05, 3.63) is 41.7 Å². The lowest BCUT2D eigenvalue weighted by Gasteiger charge is -2.46. The second-order valence-corrected chi connectivity index (χ2v) is 10.0. The molecule has 0 saturated carbocycles. The third-order valence-corrected chi connectivity index (χ3v) is 6.33. The van der Waals surface area contributed by atoms with Crippen LogP contribution in [0.4, 0.5) is 25.1 Å². The number of piperidine rings is 1. The maximum Gasteiger partial charge on any atom is 0.410 e. The largest absolute Gasteiger partial charge is 0.473 e.